The van der Waals surface area contributed by atoms with Gasteiger partial charge in [0.15, 0.2) is 11.5 Å². The molecule has 5 aromatic rings. The molecule has 0 heterocycles. The summed E-state index contributed by atoms with van der Waals surface area (Å²) in [6, 6.07) is 42.9. The number of carbonyl (C=O) groups is 1. The molecule has 0 aliphatic carbocycles. The van der Waals surface area contributed by atoms with Crippen LogP contribution in [0.2, 0.25) is 0 Å². The Kier molecular flexibility index (Phi) is 10.3. The number of amides is 2. The normalized spacial score (nSPS) is 10.8. The molecule has 0 saturated carbocycles. The van der Waals surface area contributed by atoms with Crippen LogP contribution in [-0.4, -0.2) is 24.6 Å². The Bertz CT molecular complexity index is 1580. The molecule has 1 N–H and O–H groups in total. The lowest BCUT2D eigenvalue weighted by molar-refractivity contribution is 0.207. The van der Waals surface area contributed by atoms with Gasteiger partial charge in [-0.3, -0.25) is 0 Å². The lowest BCUT2D eigenvalue weighted by Gasteiger charge is -2.27. The van der Waals surface area contributed by atoms with E-state index in [2.05, 4.69) is 53.8 Å². The van der Waals surface area contributed by atoms with Gasteiger partial charge in [-0.05, 0) is 65.8 Å². The Balaban J connectivity index is 1.39. The summed E-state index contributed by atoms with van der Waals surface area (Å²) in [6.45, 7) is 5.46. The number of methoxy groups -OCH3 is 1. The maximum Gasteiger partial charge on any atom is 0.322 e. The van der Waals surface area contributed by atoms with Crippen LogP contribution >= 0.6 is 0 Å². The van der Waals surface area contributed by atoms with Gasteiger partial charge in [-0.25, -0.2) is 4.79 Å². The van der Waals surface area contributed by atoms with Gasteiger partial charge in [0, 0.05) is 24.7 Å². The number of hydrogen-bond acceptors (Lipinski definition) is 3. The largest absolute Gasteiger partial charge is 0.493 e. The molecule has 0 unspecified atom stereocenters. The maximum atomic E-state index is 13.9. The molecule has 2 amide bonds. The Hall–Kier alpha value is -5.03. The zero-order chi connectivity index (χ0) is 30.7. The minimum absolute atomic E-state index is 0.134. The van der Waals surface area contributed by atoms with E-state index in [-0.39, 0.29) is 11.9 Å². The summed E-state index contributed by atoms with van der Waals surface area (Å²) in [5, 5.41) is 3.21. The Morgan fingerprint density at radius 3 is 1.89 bits per heavy atom. The average Bonchev–Trinajstić information content (AvgIpc) is 3.06. The number of anilines is 1. The van der Waals surface area contributed by atoms with Crippen LogP contribution in [0.3, 0.4) is 0 Å². The number of para-hydroxylation sites is 1. The zero-order valence-electron chi connectivity index (χ0n) is 25.7. The maximum absolute atomic E-state index is 13.9. The average molecular weight is 585 g/mol. The molecule has 5 nitrogen and oxygen atoms in total. The third-order valence-corrected chi connectivity index (χ3v) is 7.93. The van der Waals surface area contributed by atoms with Crippen LogP contribution in [0.15, 0.2) is 127 Å². The van der Waals surface area contributed by atoms with Gasteiger partial charge in [-0.2, -0.15) is 0 Å². The number of nitrogens with zero attached hydrogens (tertiary/aromatic N) is 1. The fourth-order valence-corrected chi connectivity index (χ4v) is 5.52. The van der Waals surface area contributed by atoms with Crippen molar-refractivity contribution in [3.63, 3.8) is 0 Å². The molecule has 0 radical (unpaired) electrons. The number of ether oxygens (including phenoxy) is 2. The second-order valence-electron chi connectivity index (χ2n) is 11.0. The van der Waals surface area contributed by atoms with Crippen molar-refractivity contribution in [2.45, 2.75) is 39.3 Å². The second kappa shape index (κ2) is 14.9. The highest BCUT2D eigenvalue weighted by atomic mass is 16.5. The minimum atomic E-state index is -0.134. The molecule has 0 bridgehead atoms. The number of nitrogens with one attached hydrogen (secondary N) is 1. The Morgan fingerprint density at radius 1 is 0.705 bits per heavy atom. The van der Waals surface area contributed by atoms with Crippen LogP contribution in [0.25, 0.3) is 0 Å². The minimum Gasteiger partial charge on any atom is -0.493 e. The summed E-state index contributed by atoms with van der Waals surface area (Å²) in [6.07, 6.45) is 0.767. The summed E-state index contributed by atoms with van der Waals surface area (Å²) in [5.41, 5.74) is 7.43. The van der Waals surface area contributed by atoms with E-state index in [1.54, 1.807) is 7.11 Å². The van der Waals surface area contributed by atoms with Crippen LogP contribution < -0.4 is 14.8 Å². The van der Waals surface area contributed by atoms with E-state index >= 15 is 0 Å². The van der Waals surface area contributed by atoms with Crippen LogP contribution in [0.1, 0.15) is 45.7 Å². The van der Waals surface area contributed by atoms with Crippen molar-refractivity contribution >= 4 is 11.7 Å². The third kappa shape index (κ3) is 7.87. The van der Waals surface area contributed by atoms with Gasteiger partial charge in [0.1, 0.15) is 6.61 Å². The van der Waals surface area contributed by atoms with E-state index < -0.39 is 0 Å². The Labute approximate surface area is 261 Å². The van der Waals surface area contributed by atoms with Crippen LogP contribution in [0, 0.1) is 13.8 Å². The van der Waals surface area contributed by atoms with Crippen LogP contribution in [0.5, 0.6) is 11.5 Å². The van der Waals surface area contributed by atoms with Crippen molar-refractivity contribution in [2.75, 3.05) is 19.0 Å². The molecule has 0 aliphatic rings. The van der Waals surface area contributed by atoms with Crippen molar-refractivity contribution in [1.29, 1.82) is 0 Å². The number of aryl methyl sites for hydroxylation is 2. The summed E-state index contributed by atoms with van der Waals surface area (Å²) in [4.78, 5) is 15.8. The van der Waals surface area contributed by atoms with E-state index in [1.807, 2.05) is 97.6 Å². The van der Waals surface area contributed by atoms with Crippen molar-refractivity contribution in [3.05, 3.63) is 161 Å². The summed E-state index contributed by atoms with van der Waals surface area (Å²) in [5.74, 6) is 1.45. The molecule has 0 aliphatic heterocycles. The fourth-order valence-electron chi connectivity index (χ4n) is 5.52. The number of benzene rings is 5. The predicted octanol–water partition coefficient (Wildman–Crippen LogP) is 9.15. The standard InChI is InChI=1S/C39H40N2O3/c1-29-14-13-15-30(2)38(29)40-39(42)41(25-24-35(33-18-9-5-10-19-33)34-20-11-6-12-21-34)27-32-22-23-36(37(26-32)43-3)44-28-31-16-7-4-8-17-31/h4-23,26,35H,24-25,27-28H2,1-3H3,(H,40,42). The zero-order valence-corrected chi connectivity index (χ0v) is 25.7. The summed E-state index contributed by atoms with van der Waals surface area (Å²) >= 11 is 0. The first-order valence-corrected chi connectivity index (χ1v) is 15.1. The Morgan fingerprint density at radius 2 is 1.30 bits per heavy atom. The van der Waals surface area contributed by atoms with Gasteiger partial charge in [0.05, 0.1) is 7.11 Å². The van der Waals surface area contributed by atoms with E-state index in [9.17, 15) is 4.79 Å². The summed E-state index contributed by atoms with van der Waals surface area (Å²) < 4.78 is 11.8. The van der Waals surface area contributed by atoms with Crippen molar-refractivity contribution < 1.29 is 14.3 Å². The van der Waals surface area contributed by atoms with E-state index in [4.69, 9.17) is 9.47 Å². The van der Waals surface area contributed by atoms with Gasteiger partial charge in [-0.15, -0.1) is 0 Å². The molecule has 224 valence electrons. The first-order valence-electron chi connectivity index (χ1n) is 15.1. The van der Waals surface area contributed by atoms with Gasteiger partial charge >= 0.3 is 6.03 Å². The van der Waals surface area contributed by atoms with Crippen molar-refractivity contribution in [1.82, 2.24) is 4.90 Å². The fraction of sp³-hybridized carbons (Fsp3) is 0.205. The highest BCUT2D eigenvalue weighted by Crippen LogP contribution is 2.31. The molecule has 0 aromatic heterocycles. The van der Waals surface area contributed by atoms with Crippen LogP contribution in [-0.2, 0) is 13.2 Å². The number of hydrogen-bond donors (Lipinski definition) is 1. The van der Waals surface area contributed by atoms with Crippen molar-refractivity contribution in [2.24, 2.45) is 0 Å². The molecule has 0 fully saturated rings. The monoisotopic (exact) mass is 584 g/mol. The molecule has 0 saturated heterocycles. The number of rotatable bonds is 12. The SMILES string of the molecule is COc1cc(CN(CCC(c2ccccc2)c2ccccc2)C(=O)Nc2c(C)cccc2C)ccc1OCc1ccccc1. The highest BCUT2D eigenvalue weighted by molar-refractivity contribution is 5.91. The van der Waals surface area contributed by atoms with E-state index in [0.29, 0.717) is 31.2 Å². The van der Waals surface area contributed by atoms with Gasteiger partial charge in [-0.1, -0.05) is 115 Å². The topological polar surface area (TPSA) is 50.8 Å². The second-order valence-corrected chi connectivity index (χ2v) is 11.0. The summed E-state index contributed by atoms with van der Waals surface area (Å²) in [7, 11) is 1.64. The lowest BCUT2D eigenvalue weighted by Crippen LogP contribution is -2.36. The molecule has 0 spiro atoms. The molecule has 5 aromatic carbocycles. The third-order valence-electron chi connectivity index (χ3n) is 7.93. The first-order chi connectivity index (χ1) is 21.5. The van der Waals surface area contributed by atoms with Crippen molar-refractivity contribution in [3.8, 4) is 11.5 Å². The van der Waals surface area contributed by atoms with Gasteiger partial charge in [0.2, 0.25) is 0 Å². The molecule has 0 atom stereocenters. The van der Waals surface area contributed by atoms with Crippen LogP contribution in [0.4, 0.5) is 10.5 Å². The predicted molar refractivity (Wildman–Crippen MR) is 178 cm³/mol. The van der Waals surface area contributed by atoms with E-state index in [0.717, 1.165) is 34.4 Å². The first kappa shape index (κ1) is 30.4. The molecule has 44 heavy (non-hydrogen) atoms. The molecular formula is C39H40N2O3. The lowest BCUT2D eigenvalue weighted by atomic mass is 9.88. The molecular weight excluding hydrogens is 544 g/mol. The quantitative estimate of drug-likeness (QED) is 0.159. The smallest absolute Gasteiger partial charge is 0.322 e. The number of carbonyl (C=O) groups excluding carboxylic acids is 1. The van der Waals surface area contributed by atoms with Gasteiger partial charge in [0.25, 0.3) is 0 Å². The number of urea groups is 1. The van der Waals surface area contributed by atoms with Gasteiger partial charge < -0.3 is 19.7 Å². The molecule has 5 heteroatoms. The van der Waals surface area contributed by atoms with E-state index in [1.165, 1.54) is 11.1 Å². The highest BCUT2D eigenvalue weighted by Gasteiger charge is 2.21. The molecule has 5 rings (SSSR count).